The smallest absolute Gasteiger partial charge is 0.279 e. The van der Waals surface area contributed by atoms with Crippen molar-refractivity contribution in [3.8, 4) is 17.0 Å². The van der Waals surface area contributed by atoms with Gasteiger partial charge in [0, 0.05) is 25.6 Å². The van der Waals surface area contributed by atoms with Crippen molar-refractivity contribution in [1.82, 2.24) is 20.5 Å². The number of aromatic amines is 1. The van der Waals surface area contributed by atoms with E-state index in [2.05, 4.69) is 25.8 Å². The molecule has 0 radical (unpaired) electrons. The summed E-state index contributed by atoms with van der Waals surface area (Å²) in [5, 5.41) is 13.3. The van der Waals surface area contributed by atoms with Crippen LogP contribution >= 0.6 is 0 Å². The van der Waals surface area contributed by atoms with Gasteiger partial charge in [-0.25, -0.2) is 0 Å². The summed E-state index contributed by atoms with van der Waals surface area (Å²) in [6.07, 6.45) is 0. The molecule has 22 heavy (non-hydrogen) atoms. The average Bonchev–Trinajstić information content (AvgIpc) is 2.52. The van der Waals surface area contributed by atoms with Gasteiger partial charge >= 0.3 is 0 Å². The Kier molecular flexibility index (Phi) is 5.07. The summed E-state index contributed by atoms with van der Waals surface area (Å²) >= 11 is 0. The number of aromatic nitrogens is 3. The molecule has 0 saturated carbocycles. The maximum atomic E-state index is 12.0. The second kappa shape index (κ2) is 7.21. The number of anilines is 1. The van der Waals surface area contributed by atoms with Gasteiger partial charge in [0.1, 0.15) is 5.75 Å². The number of hydrogen-bond acceptors (Lipinski definition) is 6. The van der Waals surface area contributed by atoms with E-state index >= 15 is 0 Å². The standard InChI is InChI=1S/C14H17N5O3/c1-9(20)15-7-8-16-14-17-13(21)12(18-19-14)10-3-5-11(22-2)6-4-10/h3-6H,7-8H2,1-2H3,(H,15,20)(H2,16,17,19,21). The minimum atomic E-state index is -0.345. The fourth-order valence-corrected chi connectivity index (χ4v) is 1.77. The summed E-state index contributed by atoms with van der Waals surface area (Å²) in [7, 11) is 1.57. The molecule has 8 nitrogen and oxygen atoms in total. The van der Waals surface area contributed by atoms with Crippen molar-refractivity contribution in [2.24, 2.45) is 0 Å². The zero-order valence-corrected chi connectivity index (χ0v) is 12.3. The molecule has 0 atom stereocenters. The van der Waals surface area contributed by atoms with Crippen molar-refractivity contribution in [3.05, 3.63) is 34.6 Å². The molecule has 0 aliphatic heterocycles. The molecule has 0 aliphatic rings. The van der Waals surface area contributed by atoms with Crippen LogP contribution < -0.4 is 20.9 Å². The van der Waals surface area contributed by atoms with E-state index in [4.69, 9.17) is 4.74 Å². The normalized spacial score (nSPS) is 10.1. The highest BCUT2D eigenvalue weighted by Gasteiger charge is 2.07. The van der Waals surface area contributed by atoms with Crippen LogP contribution in [0.3, 0.4) is 0 Å². The third-order valence-electron chi connectivity index (χ3n) is 2.85. The number of carbonyl (C=O) groups is 1. The summed E-state index contributed by atoms with van der Waals surface area (Å²) in [5.74, 6) is 0.841. The molecular weight excluding hydrogens is 286 g/mol. The number of benzene rings is 1. The lowest BCUT2D eigenvalue weighted by molar-refractivity contribution is -0.118. The van der Waals surface area contributed by atoms with Crippen LogP contribution in [-0.4, -0.2) is 41.3 Å². The van der Waals surface area contributed by atoms with Crippen molar-refractivity contribution in [2.75, 3.05) is 25.5 Å². The molecule has 0 unspecified atom stereocenters. The largest absolute Gasteiger partial charge is 0.497 e. The first-order valence-corrected chi connectivity index (χ1v) is 6.70. The third-order valence-corrected chi connectivity index (χ3v) is 2.85. The van der Waals surface area contributed by atoms with E-state index in [9.17, 15) is 9.59 Å². The molecule has 2 aromatic rings. The fourth-order valence-electron chi connectivity index (χ4n) is 1.77. The molecule has 1 amide bonds. The van der Waals surface area contributed by atoms with Crippen molar-refractivity contribution in [1.29, 1.82) is 0 Å². The Morgan fingerprint density at radius 2 is 1.95 bits per heavy atom. The molecule has 0 fully saturated rings. The summed E-state index contributed by atoms with van der Waals surface area (Å²) < 4.78 is 5.06. The molecule has 3 N–H and O–H groups in total. The van der Waals surface area contributed by atoms with E-state index < -0.39 is 0 Å². The Bertz CT molecular complexity index is 696. The Morgan fingerprint density at radius 3 is 2.55 bits per heavy atom. The number of nitrogens with zero attached hydrogens (tertiary/aromatic N) is 2. The van der Waals surface area contributed by atoms with Gasteiger partial charge in [-0.15, -0.1) is 10.2 Å². The van der Waals surface area contributed by atoms with Crippen LogP contribution in [-0.2, 0) is 4.79 Å². The Balaban J connectivity index is 2.05. The zero-order valence-electron chi connectivity index (χ0n) is 12.3. The number of rotatable bonds is 6. The predicted octanol–water partition coefficient (Wildman–Crippen LogP) is 0.388. The monoisotopic (exact) mass is 303 g/mol. The molecule has 116 valence electrons. The van der Waals surface area contributed by atoms with Crippen molar-refractivity contribution >= 4 is 11.9 Å². The van der Waals surface area contributed by atoms with Crippen LogP contribution in [0.2, 0.25) is 0 Å². The number of amides is 1. The lowest BCUT2D eigenvalue weighted by atomic mass is 10.1. The van der Waals surface area contributed by atoms with Crippen LogP contribution in [0.4, 0.5) is 5.95 Å². The molecule has 0 aliphatic carbocycles. The zero-order chi connectivity index (χ0) is 15.9. The fraction of sp³-hybridized carbons (Fsp3) is 0.286. The van der Waals surface area contributed by atoms with Gasteiger partial charge in [0.25, 0.3) is 5.56 Å². The highest BCUT2D eigenvalue weighted by Crippen LogP contribution is 2.17. The molecule has 0 saturated heterocycles. The molecule has 1 aromatic carbocycles. The maximum Gasteiger partial charge on any atom is 0.279 e. The number of hydrogen-bond donors (Lipinski definition) is 3. The second-order valence-corrected chi connectivity index (χ2v) is 4.49. The van der Waals surface area contributed by atoms with Gasteiger partial charge in [-0.1, -0.05) is 0 Å². The summed E-state index contributed by atoms with van der Waals surface area (Å²) in [4.78, 5) is 25.4. The molecule has 0 spiro atoms. The summed E-state index contributed by atoms with van der Waals surface area (Å²) in [5.41, 5.74) is 0.539. The molecular formula is C14H17N5O3. The Morgan fingerprint density at radius 1 is 1.23 bits per heavy atom. The molecule has 8 heteroatoms. The number of ether oxygens (including phenoxy) is 1. The van der Waals surface area contributed by atoms with Crippen molar-refractivity contribution < 1.29 is 9.53 Å². The van der Waals surface area contributed by atoms with E-state index in [1.165, 1.54) is 6.92 Å². The number of nitrogens with one attached hydrogen (secondary N) is 3. The van der Waals surface area contributed by atoms with Crippen LogP contribution in [0.5, 0.6) is 5.75 Å². The average molecular weight is 303 g/mol. The van der Waals surface area contributed by atoms with Crippen LogP contribution in [0.1, 0.15) is 6.92 Å². The van der Waals surface area contributed by atoms with E-state index in [0.717, 1.165) is 0 Å². The minimum absolute atomic E-state index is 0.115. The molecule has 0 bridgehead atoms. The highest BCUT2D eigenvalue weighted by molar-refractivity contribution is 5.72. The maximum absolute atomic E-state index is 12.0. The van der Waals surface area contributed by atoms with Gasteiger partial charge in [-0.3, -0.25) is 14.6 Å². The minimum Gasteiger partial charge on any atom is -0.497 e. The Labute approximate surface area is 126 Å². The lowest BCUT2D eigenvalue weighted by Gasteiger charge is -2.06. The van der Waals surface area contributed by atoms with Gasteiger partial charge in [0.15, 0.2) is 5.69 Å². The lowest BCUT2D eigenvalue weighted by Crippen LogP contribution is -2.27. The molecule has 2 rings (SSSR count). The van der Waals surface area contributed by atoms with Gasteiger partial charge in [-0.05, 0) is 24.3 Å². The number of carbonyl (C=O) groups excluding carboxylic acids is 1. The predicted molar refractivity (Wildman–Crippen MR) is 81.8 cm³/mol. The van der Waals surface area contributed by atoms with Crippen LogP contribution in [0.15, 0.2) is 29.1 Å². The Hall–Kier alpha value is -2.90. The topological polar surface area (TPSA) is 109 Å². The highest BCUT2D eigenvalue weighted by atomic mass is 16.5. The summed E-state index contributed by atoms with van der Waals surface area (Å²) in [6.45, 7) is 2.30. The number of methoxy groups -OCH3 is 1. The van der Waals surface area contributed by atoms with Crippen molar-refractivity contribution in [2.45, 2.75) is 6.92 Å². The van der Waals surface area contributed by atoms with Gasteiger partial charge < -0.3 is 15.4 Å². The van der Waals surface area contributed by atoms with Gasteiger partial charge in [-0.2, -0.15) is 0 Å². The van der Waals surface area contributed by atoms with Gasteiger partial charge in [0.2, 0.25) is 11.9 Å². The first kappa shape index (κ1) is 15.5. The first-order valence-electron chi connectivity index (χ1n) is 6.70. The van der Waals surface area contributed by atoms with E-state index in [1.807, 2.05) is 0 Å². The van der Waals surface area contributed by atoms with Crippen molar-refractivity contribution in [3.63, 3.8) is 0 Å². The quantitative estimate of drug-likeness (QED) is 0.666. The molecule has 1 aromatic heterocycles. The van der Waals surface area contributed by atoms with Crippen LogP contribution in [0.25, 0.3) is 11.3 Å². The first-order chi connectivity index (χ1) is 10.6. The van der Waals surface area contributed by atoms with E-state index in [1.54, 1.807) is 31.4 Å². The number of H-pyrrole nitrogens is 1. The van der Waals surface area contributed by atoms with Crippen LogP contribution in [0, 0.1) is 0 Å². The SMILES string of the molecule is COc1ccc(-c2nnc(NCCNC(C)=O)[nH]c2=O)cc1. The summed E-state index contributed by atoms with van der Waals surface area (Å²) in [6, 6.07) is 6.97. The van der Waals surface area contributed by atoms with Gasteiger partial charge in [0.05, 0.1) is 7.11 Å². The second-order valence-electron chi connectivity index (χ2n) is 4.49. The molecule has 1 heterocycles. The van der Waals surface area contributed by atoms with E-state index in [0.29, 0.717) is 24.4 Å². The van der Waals surface area contributed by atoms with E-state index in [-0.39, 0.29) is 23.1 Å². The third kappa shape index (κ3) is 4.05.